The van der Waals surface area contributed by atoms with Gasteiger partial charge in [0.2, 0.25) is 0 Å². The molecule has 0 spiro atoms. The predicted molar refractivity (Wildman–Crippen MR) is 52.8 cm³/mol. The average molecular weight is 197 g/mol. The summed E-state index contributed by atoms with van der Waals surface area (Å²) in [6.07, 6.45) is 3.57. The molecule has 0 aromatic heterocycles. The summed E-state index contributed by atoms with van der Waals surface area (Å²) >= 11 is 5.59. The topological polar surface area (TPSA) is 0 Å². The van der Waals surface area contributed by atoms with E-state index in [2.05, 4.69) is 9.24 Å². The van der Waals surface area contributed by atoms with Crippen LogP contribution < -0.4 is 0 Å². The third kappa shape index (κ3) is 4.08. The van der Waals surface area contributed by atoms with E-state index < -0.39 is 11.3 Å². The second kappa shape index (κ2) is 5.97. The van der Waals surface area contributed by atoms with Crippen molar-refractivity contribution in [3.8, 4) is 0 Å². The molecule has 0 radical (unpaired) electrons. The van der Waals surface area contributed by atoms with E-state index in [9.17, 15) is 4.39 Å². The maximum atomic E-state index is 13.2. The van der Waals surface area contributed by atoms with Crippen LogP contribution in [0.2, 0.25) is 0 Å². The highest BCUT2D eigenvalue weighted by Gasteiger charge is 2.21. The SMILES string of the molecule is CC=CC(CC)C(F)C(P)Cl. The lowest BCUT2D eigenvalue weighted by atomic mass is 10.0. The molecule has 0 amide bonds. The fourth-order valence-corrected chi connectivity index (χ4v) is 1.42. The molecule has 0 heterocycles. The summed E-state index contributed by atoms with van der Waals surface area (Å²) in [5.41, 5.74) is 0. The molecule has 0 saturated carbocycles. The molecule has 0 aromatic rings. The van der Waals surface area contributed by atoms with Gasteiger partial charge in [-0.15, -0.1) is 20.8 Å². The van der Waals surface area contributed by atoms with E-state index >= 15 is 0 Å². The molecular formula is C8H15ClFP. The number of hydrogen-bond acceptors (Lipinski definition) is 0. The van der Waals surface area contributed by atoms with Crippen molar-refractivity contribution in [2.75, 3.05) is 0 Å². The minimum Gasteiger partial charge on any atom is -0.245 e. The molecule has 4 unspecified atom stereocenters. The molecule has 0 N–H and O–H groups in total. The van der Waals surface area contributed by atoms with E-state index in [1.54, 1.807) is 0 Å². The zero-order valence-electron chi connectivity index (χ0n) is 6.93. The molecule has 3 heteroatoms. The number of hydrogen-bond donors (Lipinski definition) is 0. The molecule has 0 nitrogen and oxygen atoms in total. The molecular weight excluding hydrogens is 182 g/mol. The van der Waals surface area contributed by atoms with Gasteiger partial charge in [0.1, 0.15) is 6.17 Å². The number of halogens is 2. The maximum Gasteiger partial charge on any atom is 0.126 e. The molecule has 11 heavy (non-hydrogen) atoms. The van der Waals surface area contributed by atoms with E-state index in [0.717, 1.165) is 6.42 Å². The molecule has 0 saturated heterocycles. The van der Waals surface area contributed by atoms with Crippen molar-refractivity contribution < 1.29 is 4.39 Å². The Morgan fingerprint density at radius 1 is 1.64 bits per heavy atom. The van der Waals surface area contributed by atoms with Crippen LogP contribution in [0.25, 0.3) is 0 Å². The van der Waals surface area contributed by atoms with E-state index in [1.165, 1.54) is 0 Å². The fourth-order valence-electron chi connectivity index (χ4n) is 0.951. The zero-order valence-corrected chi connectivity index (χ0v) is 8.84. The van der Waals surface area contributed by atoms with Gasteiger partial charge in [0, 0.05) is 5.92 Å². The van der Waals surface area contributed by atoms with Gasteiger partial charge in [-0.25, -0.2) is 4.39 Å². The first-order valence-electron chi connectivity index (χ1n) is 3.80. The molecule has 0 rings (SSSR count). The summed E-state index contributed by atoms with van der Waals surface area (Å²) in [5, 5.41) is -0.476. The summed E-state index contributed by atoms with van der Waals surface area (Å²) in [7, 11) is 2.28. The van der Waals surface area contributed by atoms with Crippen LogP contribution in [0, 0.1) is 5.92 Å². The first-order chi connectivity index (χ1) is 5.13. The summed E-state index contributed by atoms with van der Waals surface area (Å²) in [5.74, 6) is -0.0417. The summed E-state index contributed by atoms with van der Waals surface area (Å²) < 4.78 is 13.2. The normalized spacial score (nSPS) is 20.1. The van der Waals surface area contributed by atoms with Crippen molar-refractivity contribution in [2.45, 2.75) is 31.6 Å². The monoisotopic (exact) mass is 196 g/mol. The fraction of sp³-hybridized carbons (Fsp3) is 0.750. The smallest absolute Gasteiger partial charge is 0.126 e. The summed E-state index contributed by atoms with van der Waals surface area (Å²) in [6, 6.07) is 0. The summed E-state index contributed by atoms with van der Waals surface area (Å²) in [6.45, 7) is 3.85. The Labute approximate surface area is 75.4 Å². The minimum absolute atomic E-state index is 0.0417. The minimum atomic E-state index is -0.956. The highest BCUT2D eigenvalue weighted by Crippen LogP contribution is 2.24. The number of rotatable bonds is 4. The van der Waals surface area contributed by atoms with Crippen LogP contribution >= 0.6 is 20.8 Å². The molecule has 0 aliphatic heterocycles. The highest BCUT2D eigenvalue weighted by atomic mass is 35.5. The Hall–Kier alpha value is 0.390. The van der Waals surface area contributed by atoms with Crippen molar-refractivity contribution >= 4 is 20.8 Å². The van der Waals surface area contributed by atoms with Crippen LogP contribution in [0.1, 0.15) is 20.3 Å². The third-order valence-electron chi connectivity index (χ3n) is 1.62. The van der Waals surface area contributed by atoms with Crippen LogP contribution in [0.3, 0.4) is 0 Å². The third-order valence-corrected chi connectivity index (χ3v) is 2.23. The van der Waals surface area contributed by atoms with Crippen molar-refractivity contribution in [1.29, 1.82) is 0 Å². The van der Waals surface area contributed by atoms with Crippen molar-refractivity contribution in [1.82, 2.24) is 0 Å². The molecule has 66 valence electrons. The molecule has 0 aliphatic rings. The van der Waals surface area contributed by atoms with E-state index in [4.69, 9.17) is 11.6 Å². The first kappa shape index (κ1) is 11.4. The Morgan fingerprint density at radius 3 is 2.45 bits per heavy atom. The van der Waals surface area contributed by atoms with Gasteiger partial charge in [-0.2, -0.15) is 0 Å². The van der Waals surface area contributed by atoms with Crippen LogP contribution in [0.4, 0.5) is 4.39 Å². The Kier molecular flexibility index (Phi) is 6.18. The largest absolute Gasteiger partial charge is 0.245 e. The van der Waals surface area contributed by atoms with E-state index in [1.807, 2.05) is 26.0 Å². The molecule has 0 fully saturated rings. The van der Waals surface area contributed by atoms with Gasteiger partial charge in [-0.05, 0) is 13.3 Å². The molecule has 0 aliphatic carbocycles. The number of allylic oxidation sites excluding steroid dienone is 2. The second-order valence-corrected chi connectivity index (χ2v) is 4.13. The van der Waals surface area contributed by atoms with Gasteiger partial charge in [-0.3, -0.25) is 0 Å². The Morgan fingerprint density at radius 2 is 2.18 bits per heavy atom. The van der Waals surface area contributed by atoms with Gasteiger partial charge in [0.25, 0.3) is 0 Å². The van der Waals surface area contributed by atoms with Gasteiger partial charge < -0.3 is 0 Å². The van der Waals surface area contributed by atoms with Gasteiger partial charge in [0.05, 0.1) is 5.12 Å². The number of alkyl halides is 2. The average Bonchev–Trinajstić information content (AvgIpc) is 1.98. The lowest BCUT2D eigenvalue weighted by molar-refractivity contribution is 0.275. The lowest BCUT2D eigenvalue weighted by Crippen LogP contribution is -2.19. The van der Waals surface area contributed by atoms with E-state index in [-0.39, 0.29) is 5.92 Å². The maximum absolute atomic E-state index is 13.2. The van der Waals surface area contributed by atoms with E-state index in [0.29, 0.717) is 0 Å². The van der Waals surface area contributed by atoms with Crippen molar-refractivity contribution in [3.05, 3.63) is 12.2 Å². The zero-order chi connectivity index (χ0) is 8.85. The molecule has 0 bridgehead atoms. The van der Waals surface area contributed by atoms with Gasteiger partial charge in [-0.1, -0.05) is 19.1 Å². The van der Waals surface area contributed by atoms with Crippen LogP contribution in [-0.4, -0.2) is 11.3 Å². The van der Waals surface area contributed by atoms with Crippen LogP contribution in [0.15, 0.2) is 12.2 Å². The van der Waals surface area contributed by atoms with Gasteiger partial charge >= 0.3 is 0 Å². The quantitative estimate of drug-likeness (QED) is 0.368. The molecule has 0 aromatic carbocycles. The van der Waals surface area contributed by atoms with Crippen molar-refractivity contribution in [2.24, 2.45) is 5.92 Å². The Bertz CT molecular complexity index is 125. The Balaban J connectivity index is 4.02. The standard InChI is InChI=1S/C8H15ClFP/c1-3-5-6(4-2)7(10)8(9)11/h3,5-8H,4,11H2,1-2H3. The lowest BCUT2D eigenvalue weighted by Gasteiger charge is -2.17. The predicted octanol–water partition coefficient (Wildman–Crippen LogP) is 3.37. The van der Waals surface area contributed by atoms with Crippen LogP contribution in [-0.2, 0) is 0 Å². The second-order valence-electron chi connectivity index (χ2n) is 2.49. The van der Waals surface area contributed by atoms with Crippen LogP contribution in [0.5, 0.6) is 0 Å². The summed E-state index contributed by atoms with van der Waals surface area (Å²) in [4.78, 5) is 0. The van der Waals surface area contributed by atoms with Crippen molar-refractivity contribution in [3.63, 3.8) is 0 Å². The van der Waals surface area contributed by atoms with Gasteiger partial charge in [0.15, 0.2) is 0 Å². The first-order valence-corrected chi connectivity index (χ1v) is 4.90. The highest BCUT2D eigenvalue weighted by molar-refractivity contribution is 7.21. The molecule has 4 atom stereocenters.